The van der Waals surface area contributed by atoms with Gasteiger partial charge in [-0.15, -0.1) is 0 Å². The summed E-state index contributed by atoms with van der Waals surface area (Å²) in [6, 6.07) is 5.18. The van der Waals surface area contributed by atoms with E-state index in [1.807, 2.05) is 6.92 Å². The number of likely N-dealkylation sites (tertiary alicyclic amines) is 1. The maximum absolute atomic E-state index is 13.0. The van der Waals surface area contributed by atoms with Crippen LogP contribution < -0.4 is 14.4 Å². The summed E-state index contributed by atoms with van der Waals surface area (Å²) >= 11 is 0. The van der Waals surface area contributed by atoms with Crippen LogP contribution >= 0.6 is 0 Å². The molecular weight excluding hydrogens is 364 g/mol. The lowest BCUT2D eigenvalue weighted by molar-refractivity contribution is -0.148. The van der Waals surface area contributed by atoms with E-state index in [0.717, 1.165) is 0 Å². The number of carbonyl (C=O) groups is 3. The van der Waals surface area contributed by atoms with Crippen molar-refractivity contribution in [2.75, 3.05) is 38.8 Å². The van der Waals surface area contributed by atoms with Crippen molar-refractivity contribution in [3.8, 4) is 11.5 Å². The van der Waals surface area contributed by atoms with E-state index in [0.29, 0.717) is 30.2 Å². The van der Waals surface area contributed by atoms with Gasteiger partial charge in [0.25, 0.3) is 0 Å². The van der Waals surface area contributed by atoms with Crippen molar-refractivity contribution in [2.45, 2.75) is 19.8 Å². The molecule has 8 heteroatoms. The Labute approximate surface area is 164 Å². The number of rotatable bonds is 5. The highest BCUT2D eigenvalue weighted by molar-refractivity contribution is 6.01. The lowest BCUT2D eigenvalue weighted by Gasteiger charge is -2.36. The van der Waals surface area contributed by atoms with Gasteiger partial charge in [-0.1, -0.05) is 6.92 Å². The summed E-state index contributed by atoms with van der Waals surface area (Å²) in [5.74, 6) is -0.991. The summed E-state index contributed by atoms with van der Waals surface area (Å²) in [5.41, 5.74) is 0.596. The highest BCUT2D eigenvalue weighted by Crippen LogP contribution is 2.36. The molecule has 1 aromatic rings. The highest BCUT2D eigenvalue weighted by atomic mass is 16.5. The van der Waals surface area contributed by atoms with Crippen LogP contribution in [-0.2, 0) is 14.4 Å². The predicted octanol–water partition coefficient (Wildman–Crippen LogP) is 1.63. The number of nitrogens with zero attached hydrogens (tertiary/aromatic N) is 2. The number of anilines is 1. The van der Waals surface area contributed by atoms with Crippen LogP contribution in [0.3, 0.4) is 0 Å². The van der Waals surface area contributed by atoms with Crippen LogP contribution in [0.4, 0.5) is 5.69 Å². The molecule has 2 amide bonds. The van der Waals surface area contributed by atoms with Crippen LogP contribution in [0.25, 0.3) is 0 Å². The fourth-order valence-corrected chi connectivity index (χ4v) is 4.08. The van der Waals surface area contributed by atoms with Crippen LogP contribution in [0.5, 0.6) is 11.5 Å². The lowest BCUT2D eigenvalue weighted by atomic mass is 9.89. The number of aliphatic carboxylic acids is 1. The number of hydrogen-bond donors (Lipinski definition) is 1. The fourth-order valence-electron chi connectivity index (χ4n) is 4.08. The van der Waals surface area contributed by atoms with Gasteiger partial charge in [0.15, 0.2) is 0 Å². The Kier molecular flexibility index (Phi) is 5.76. The normalized spacial score (nSPS) is 25.0. The predicted molar refractivity (Wildman–Crippen MR) is 101 cm³/mol. The fraction of sp³-hybridized carbons (Fsp3) is 0.550. The number of carbonyl (C=O) groups excluding carboxylic acids is 2. The Morgan fingerprint density at radius 2 is 1.86 bits per heavy atom. The van der Waals surface area contributed by atoms with Gasteiger partial charge in [-0.2, -0.15) is 0 Å². The van der Waals surface area contributed by atoms with Crippen LogP contribution in [0.15, 0.2) is 18.2 Å². The van der Waals surface area contributed by atoms with Crippen LogP contribution in [0.2, 0.25) is 0 Å². The Hall–Kier alpha value is -2.77. The van der Waals surface area contributed by atoms with Crippen molar-refractivity contribution in [1.82, 2.24) is 4.90 Å². The molecule has 0 bridgehead atoms. The molecule has 0 aliphatic carbocycles. The van der Waals surface area contributed by atoms with E-state index < -0.39 is 17.8 Å². The van der Waals surface area contributed by atoms with Gasteiger partial charge < -0.3 is 24.4 Å². The Morgan fingerprint density at radius 3 is 2.50 bits per heavy atom. The van der Waals surface area contributed by atoms with Crippen molar-refractivity contribution in [2.24, 2.45) is 17.8 Å². The summed E-state index contributed by atoms with van der Waals surface area (Å²) in [6.45, 7) is 2.93. The average Bonchev–Trinajstić information content (AvgIpc) is 3.07. The molecule has 2 heterocycles. The van der Waals surface area contributed by atoms with E-state index in [4.69, 9.17) is 9.47 Å². The quantitative estimate of drug-likeness (QED) is 0.821. The number of amides is 2. The zero-order chi connectivity index (χ0) is 20.4. The summed E-state index contributed by atoms with van der Waals surface area (Å²) in [6.07, 6.45) is 0.675. The molecule has 152 valence electrons. The standard InChI is InChI=1S/C20H26N2O6/c1-12-6-14(20(25)26)10-21(9-12)19(24)13-7-18(23)22(11-13)16-5-4-15(27-2)8-17(16)28-3/h4-5,8,12-14H,6-7,9-11H2,1-3H3,(H,25,26). The molecule has 8 nitrogen and oxygen atoms in total. The number of methoxy groups -OCH3 is 2. The Balaban J connectivity index is 1.75. The van der Waals surface area contributed by atoms with Gasteiger partial charge >= 0.3 is 5.97 Å². The van der Waals surface area contributed by atoms with Gasteiger partial charge in [-0.3, -0.25) is 14.4 Å². The first-order chi connectivity index (χ1) is 13.3. The first-order valence-corrected chi connectivity index (χ1v) is 9.38. The molecule has 2 fully saturated rings. The Morgan fingerprint density at radius 1 is 1.11 bits per heavy atom. The SMILES string of the molecule is COc1ccc(N2CC(C(=O)N3CC(C)CC(C(=O)O)C3)CC2=O)c(OC)c1. The molecule has 0 radical (unpaired) electrons. The molecular formula is C20H26N2O6. The van der Waals surface area contributed by atoms with Gasteiger partial charge in [-0.05, 0) is 24.5 Å². The monoisotopic (exact) mass is 390 g/mol. The van der Waals surface area contributed by atoms with Gasteiger partial charge in [0.1, 0.15) is 11.5 Å². The van der Waals surface area contributed by atoms with Crippen molar-refractivity contribution in [1.29, 1.82) is 0 Å². The van der Waals surface area contributed by atoms with Crippen molar-refractivity contribution in [3.63, 3.8) is 0 Å². The molecule has 2 saturated heterocycles. The number of carboxylic acid groups (broad SMARTS) is 1. The Bertz CT molecular complexity index is 780. The smallest absolute Gasteiger partial charge is 0.308 e. The van der Waals surface area contributed by atoms with E-state index >= 15 is 0 Å². The van der Waals surface area contributed by atoms with E-state index in [1.54, 1.807) is 35.1 Å². The topological polar surface area (TPSA) is 96.4 Å². The number of carboxylic acids is 1. The van der Waals surface area contributed by atoms with Crippen molar-refractivity contribution in [3.05, 3.63) is 18.2 Å². The molecule has 3 atom stereocenters. The zero-order valence-electron chi connectivity index (χ0n) is 16.4. The second kappa shape index (κ2) is 8.08. The molecule has 2 aliphatic heterocycles. The van der Waals surface area contributed by atoms with Gasteiger partial charge in [-0.25, -0.2) is 0 Å². The molecule has 0 saturated carbocycles. The number of hydrogen-bond acceptors (Lipinski definition) is 5. The summed E-state index contributed by atoms with van der Waals surface area (Å²) in [5, 5.41) is 9.33. The first kappa shape index (κ1) is 20.0. The first-order valence-electron chi connectivity index (χ1n) is 9.38. The number of benzene rings is 1. The van der Waals surface area contributed by atoms with E-state index in [-0.39, 0.29) is 37.2 Å². The highest BCUT2D eigenvalue weighted by Gasteiger charge is 2.40. The van der Waals surface area contributed by atoms with Crippen molar-refractivity contribution < 1.29 is 29.0 Å². The van der Waals surface area contributed by atoms with E-state index in [1.165, 1.54) is 7.11 Å². The maximum Gasteiger partial charge on any atom is 0.308 e. The van der Waals surface area contributed by atoms with Gasteiger partial charge in [0.05, 0.1) is 31.7 Å². The molecule has 3 rings (SSSR count). The summed E-state index contributed by atoms with van der Waals surface area (Å²) < 4.78 is 10.6. The second-order valence-electron chi connectivity index (χ2n) is 7.56. The molecule has 0 aromatic heterocycles. The lowest BCUT2D eigenvalue weighted by Crippen LogP contribution is -2.48. The molecule has 2 aliphatic rings. The average molecular weight is 390 g/mol. The minimum atomic E-state index is -0.878. The third-order valence-corrected chi connectivity index (χ3v) is 5.47. The summed E-state index contributed by atoms with van der Waals surface area (Å²) in [7, 11) is 3.07. The maximum atomic E-state index is 13.0. The largest absolute Gasteiger partial charge is 0.497 e. The minimum absolute atomic E-state index is 0.108. The number of ether oxygens (including phenoxy) is 2. The van der Waals surface area contributed by atoms with E-state index in [2.05, 4.69) is 0 Å². The van der Waals surface area contributed by atoms with E-state index in [9.17, 15) is 19.5 Å². The van der Waals surface area contributed by atoms with Gasteiger partial charge in [0.2, 0.25) is 11.8 Å². The number of piperidine rings is 1. The van der Waals surface area contributed by atoms with Crippen LogP contribution in [-0.4, -0.2) is 61.6 Å². The summed E-state index contributed by atoms with van der Waals surface area (Å²) in [4.78, 5) is 40.1. The molecule has 28 heavy (non-hydrogen) atoms. The molecule has 3 unspecified atom stereocenters. The third-order valence-electron chi connectivity index (χ3n) is 5.47. The van der Waals surface area contributed by atoms with Gasteiger partial charge in [0, 0.05) is 32.1 Å². The van der Waals surface area contributed by atoms with Crippen LogP contribution in [0.1, 0.15) is 19.8 Å². The molecule has 1 N–H and O–H groups in total. The minimum Gasteiger partial charge on any atom is -0.497 e. The zero-order valence-corrected chi connectivity index (χ0v) is 16.4. The third kappa shape index (κ3) is 3.90. The van der Waals surface area contributed by atoms with Crippen LogP contribution in [0, 0.1) is 17.8 Å². The molecule has 1 aromatic carbocycles. The molecule has 0 spiro atoms. The second-order valence-corrected chi connectivity index (χ2v) is 7.56. The van der Waals surface area contributed by atoms with Crippen molar-refractivity contribution >= 4 is 23.5 Å².